The summed E-state index contributed by atoms with van der Waals surface area (Å²) in [6.07, 6.45) is 3.25. The van der Waals surface area contributed by atoms with Crippen LogP contribution in [0.5, 0.6) is 11.5 Å². The molecule has 76 valence electrons. The summed E-state index contributed by atoms with van der Waals surface area (Å²) in [4.78, 5) is 8.12. The molecule has 0 amide bonds. The van der Waals surface area contributed by atoms with Gasteiger partial charge in [-0.15, -0.1) is 0 Å². The first kappa shape index (κ1) is 9.45. The molecule has 0 aliphatic rings. The van der Waals surface area contributed by atoms with E-state index in [1.807, 2.05) is 0 Å². The maximum Gasteiger partial charge on any atom is 0.168 e. The fraction of sp³-hybridized carbons (Fsp3) is 0.0909. The van der Waals surface area contributed by atoms with E-state index in [1.165, 1.54) is 7.11 Å². The number of para-hydroxylation sites is 1. The third-order valence-electron chi connectivity index (χ3n) is 2.03. The van der Waals surface area contributed by atoms with Gasteiger partial charge in [-0.3, -0.25) is 0 Å². The second-order valence-electron chi connectivity index (χ2n) is 2.93. The van der Waals surface area contributed by atoms with Gasteiger partial charge in [-0.25, -0.2) is 9.97 Å². The molecule has 0 radical (unpaired) electrons. The zero-order valence-corrected chi connectivity index (χ0v) is 8.21. The van der Waals surface area contributed by atoms with E-state index in [0.717, 1.165) is 0 Å². The Hall–Kier alpha value is -2.10. The molecule has 0 aliphatic heterocycles. The Balaban J connectivity index is 2.54. The second-order valence-corrected chi connectivity index (χ2v) is 2.93. The standard InChI is InChI=1S/C11H10N2O2/c1-15-9-5-2-4-8(10(9)14)11-12-6-3-7-13-11/h2-7,14H,1H3. The summed E-state index contributed by atoms with van der Waals surface area (Å²) in [6, 6.07) is 6.93. The third-order valence-corrected chi connectivity index (χ3v) is 2.03. The normalized spacial score (nSPS) is 9.93. The maximum atomic E-state index is 9.84. The summed E-state index contributed by atoms with van der Waals surface area (Å²) in [7, 11) is 1.50. The van der Waals surface area contributed by atoms with Gasteiger partial charge in [0.25, 0.3) is 0 Å². The second kappa shape index (κ2) is 3.96. The van der Waals surface area contributed by atoms with Crippen molar-refractivity contribution in [3.8, 4) is 22.9 Å². The zero-order valence-electron chi connectivity index (χ0n) is 8.21. The summed E-state index contributed by atoms with van der Waals surface area (Å²) in [5.74, 6) is 0.958. The van der Waals surface area contributed by atoms with Crippen molar-refractivity contribution in [2.45, 2.75) is 0 Å². The van der Waals surface area contributed by atoms with Crippen molar-refractivity contribution in [1.82, 2.24) is 9.97 Å². The molecule has 4 nitrogen and oxygen atoms in total. The minimum atomic E-state index is 0.0613. The molecule has 0 unspecified atom stereocenters. The van der Waals surface area contributed by atoms with E-state index in [4.69, 9.17) is 4.74 Å². The molecule has 4 heteroatoms. The van der Waals surface area contributed by atoms with E-state index < -0.39 is 0 Å². The average Bonchev–Trinajstić information content (AvgIpc) is 2.30. The summed E-state index contributed by atoms with van der Waals surface area (Å²) >= 11 is 0. The monoisotopic (exact) mass is 202 g/mol. The highest BCUT2D eigenvalue weighted by molar-refractivity contribution is 5.67. The molecule has 0 atom stereocenters. The van der Waals surface area contributed by atoms with E-state index in [-0.39, 0.29) is 5.75 Å². The molecule has 0 fully saturated rings. The van der Waals surface area contributed by atoms with Crippen molar-refractivity contribution >= 4 is 0 Å². The lowest BCUT2D eigenvalue weighted by molar-refractivity contribution is 0.374. The van der Waals surface area contributed by atoms with E-state index in [1.54, 1.807) is 36.7 Å². The van der Waals surface area contributed by atoms with E-state index in [2.05, 4.69) is 9.97 Å². The summed E-state index contributed by atoms with van der Waals surface area (Å²) in [6.45, 7) is 0. The van der Waals surface area contributed by atoms with Crippen molar-refractivity contribution in [1.29, 1.82) is 0 Å². The number of phenolic OH excluding ortho intramolecular Hbond substituents is 1. The number of ether oxygens (including phenoxy) is 1. The van der Waals surface area contributed by atoms with Gasteiger partial charge in [-0.2, -0.15) is 0 Å². The van der Waals surface area contributed by atoms with Gasteiger partial charge >= 0.3 is 0 Å². The lowest BCUT2D eigenvalue weighted by atomic mass is 10.1. The highest BCUT2D eigenvalue weighted by Gasteiger charge is 2.10. The third kappa shape index (κ3) is 1.74. The number of nitrogens with zero attached hydrogens (tertiary/aromatic N) is 2. The van der Waals surface area contributed by atoms with Crippen LogP contribution in [0.3, 0.4) is 0 Å². The fourth-order valence-corrected chi connectivity index (χ4v) is 1.31. The average molecular weight is 202 g/mol. The molecule has 0 bridgehead atoms. The zero-order chi connectivity index (χ0) is 10.7. The molecule has 0 aliphatic carbocycles. The minimum Gasteiger partial charge on any atom is -0.504 e. The van der Waals surface area contributed by atoms with Gasteiger partial charge in [-0.1, -0.05) is 6.07 Å². The first-order chi connectivity index (χ1) is 7.33. The Morgan fingerprint density at radius 1 is 1.13 bits per heavy atom. The molecule has 2 aromatic rings. The first-order valence-corrected chi connectivity index (χ1v) is 4.46. The van der Waals surface area contributed by atoms with Crippen LogP contribution in [-0.4, -0.2) is 22.2 Å². The first-order valence-electron chi connectivity index (χ1n) is 4.46. The lowest BCUT2D eigenvalue weighted by Crippen LogP contribution is -1.90. The molecule has 0 spiro atoms. The van der Waals surface area contributed by atoms with Gasteiger partial charge in [0.05, 0.1) is 12.7 Å². The molecule has 1 aromatic carbocycles. The molecule has 1 heterocycles. The quantitative estimate of drug-likeness (QED) is 0.807. The van der Waals surface area contributed by atoms with Crippen LogP contribution in [-0.2, 0) is 0 Å². The molecule has 1 aromatic heterocycles. The molecule has 0 saturated carbocycles. The Morgan fingerprint density at radius 3 is 2.53 bits per heavy atom. The van der Waals surface area contributed by atoms with Crippen molar-refractivity contribution in [3.63, 3.8) is 0 Å². The van der Waals surface area contributed by atoms with Crippen LogP contribution in [0.25, 0.3) is 11.4 Å². The van der Waals surface area contributed by atoms with E-state index >= 15 is 0 Å². The summed E-state index contributed by atoms with van der Waals surface area (Å²) in [5.41, 5.74) is 0.565. The number of phenols is 1. The van der Waals surface area contributed by atoms with E-state index in [0.29, 0.717) is 17.1 Å². The lowest BCUT2D eigenvalue weighted by Gasteiger charge is -2.06. The van der Waals surface area contributed by atoms with Gasteiger partial charge in [-0.05, 0) is 18.2 Å². The van der Waals surface area contributed by atoms with Gasteiger partial charge in [0.15, 0.2) is 17.3 Å². The maximum absolute atomic E-state index is 9.84. The smallest absolute Gasteiger partial charge is 0.168 e. The molecule has 1 N–H and O–H groups in total. The summed E-state index contributed by atoms with van der Waals surface area (Å²) < 4.78 is 5.00. The van der Waals surface area contributed by atoms with Crippen LogP contribution in [0.15, 0.2) is 36.7 Å². The molecule has 0 saturated heterocycles. The van der Waals surface area contributed by atoms with Crippen molar-refractivity contribution in [2.24, 2.45) is 0 Å². The Bertz CT molecular complexity index is 457. The predicted octanol–water partition coefficient (Wildman–Crippen LogP) is 1.86. The van der Waals surface area contributed by atoms with Crippen LogP contribution < -0.4 is 4.74 Å². The molecule has 15 heavy (non-hydrogen) atoms. The number of aromatic hydroxyl groups is 1. The number of aromatic nitrogens is 2. The van der Waals surface area contributed by atoms with E-state index in [9.17, 15) is 5.11 Å². The van der Waals surface area contributed by atoms with Gasteiger partial charge in [0, 0.05) is 12.4 Å². The topological polar surface area (TPSA) is 55.2 Å². The van der Waals surface area contributed by atoms with Crippen LogP contribution in [0.1, 0.15) is 0 Å². The number of hydrogen-bond acceptors (Lipinski definition) is 4. The van der Waals surface area contributed by atoms with Crippen molar-refractivity contribution in [3.05, 3.63) is 36.7 Å². The SMILES string of the molecule is COc1cccc(-c2ncccn2)c1O. The minimum absolute atomic E-state index is 0.0613. The molecule has 2 rings (SSSR count). The van der Waals surface area contributed by atoms with Gasteiger partial charge in [0.2, 0.25) is 0 Å². The predicted molar refractivity (Wildman–Crippen MR) is 55.7 cm³/mol. The van der Waals surface area contributed by atoms with Crippen molar-refractivity contribution < 1.29 is 9.84 Å². The number of benzene rings is 1. The summed E-state index contributed by atoms with van der Waals surface area (Å²) in [5, 5.41) is 9.84. The Kier molecular flexibility index (Phi) is 2.49. The Morgan fingerprint density at radius 2 is 1.87 bits per heavy atom. The fourth-order valence-electron chi connectivity index (χ4n) is 1.31. The van der Waals surface area contributed by atoms with Gasteiger partial charge < -0.3 is 9.84 Å². The van der Waals surface area contributed by atoms with Crippen LogP contribution >= 0.6 is 0 Å². The number of rotatable bonds is 2. The van der Waals surface area contributed by atoms with Gasteiger partial charge in [0.1, 0.15) is 0 Å². The highest BCUT2D eigenvalue weighted by atomic mass is 16.5. The Labute approximate surface area is 87.2 Å². The van der Waals surface area contributed by atoms with Crippen molar-refractivity contribution in [2.75, 3.05) is 7.11 Å². The van der Waals surface area contributed by atoms with Crippen LogP contribution in [0.2, 0.25) is 0 Å². The van der Waals surface area contributed by atoms with Crippen LogP contribution in [0, 0.1) is 0 Å². The number of hydrogen-bond donors (Lipinski definition) is 1. The molecular weight excluding hydrogens is 192 g/mol. The molecular formula is C11H10N2O2. The highest BCUT2D eigenvalue weighted by Crippen LogP contribution is 2.34. The largest absolute Gasteiger partial charge is 0.504 e. The van der Waals surface area contributed by atoms with Crippen LogP contribution in [0.4, 0.5) is 0 Å². The number of methoxy groups -OCH3 is 1.